The minimum absolute atomic E-state index is 0.00861. The number of nitriles is 1. The molecule has 6 heteroatoms. The van der Waals surface area contributed by atoms with Crippen LogP contribution in [0.25, 0.3) is 89.2 Å². The number of fused-ring (bicyclic) bond motifs is 8. The van der Waals surface area contributed by atoms with E-state index >= 15 is 0 Å². The highest BCUT2D eigenvalue weighted by molar-refractivity contribution is 6.24. The monoisotopic (exact) mass is 774 g/mol. The second-order valence-electron chi connectivity index (χ2n) is 17.4. The molecule has 3 aromatic heterocycles. The first-order chi connectivity index (χ1) is 29.2. The van der Waals surface area contributed by atoms with Gasteiger partial charge in [-0.15, -0.1) is 0 Å². The molecular formula is C54H42N6. The molecule has 0 saturated carbocycles. The van der Waals surface area contributed by atoms with Gasteiger partial charge in [0.1, 0.15) is 0 Å². The SMILES string of the molecule is CC1(C)CCC(C)(C)c2c(-c3ccccc3-n3c4ccccc4c4ccc5c6ccccc6n(-c6nc(-c7ccccc7)nc(-c7cccc(C#N)c7)n6)c5c43)cccc21. The Labute approximate surface area is 349 Å². The van der Waals surface area contributed by atoms with Crippen LogP contribution >= 0.6 is 0 Å². The lowest BCUT2D eigenvalue weighted by Crippen LogP contribution is -2.34. The van der Waals surface area contributed by atoms with Crippen LogP contribution < -0.4 is 0 Å². The predicted octanol–water partition coefficient (Wildman–Crippen LogP) is 13.3. The van der Waals surface area contributed by atoms with Gasteiger partial charge >= 0.3 is 0 Å². The Kier molecular flexibility index (Phi) is 7.95. The second kappa shape index (κ2) is 13.3. The molecule has 0 N–H and O–H groups in total. The molecule has 6 nitrogen and oxygen atoms in total. The van der Waals surface area contributed by atoms with Gasteiger partial charge in [-0.1, -0.05) is 155 Å². The topological polar surface area (TPSA) is 72.3 Å². The van der Waals surface area contributed by atoms with Crippen LogP contribution in [0.1, 0.15) is 57.2 Å². The first-order valence-electron chi connectivity index (χ1n) is 20.7. The van der Waals surface area contributed by atoms with Crippen LogP contribution in [-0.2, 0) is 10.8 Å². The third-order valence-electron chi connectivity index (χ3n) is 12.9. The normalized spacial score (nSPS) is 14.4. The smallest absolute Gasteiger partial charge is 0.238 e. The van der Waals surface area contributed by atoms with Crippen LogP contribution in [0.15, 0.2) is 158 Å². The molecule has 7 aromatic carbocycles. The Balaban J connectivity index is 1.28. The maximum atomic E-state index is 9.85. The fourth-order valence-electron chi connectivity index (χ4n) is 9.85. The summed E-state index contributed by atoms with van der Waals surface area (Å²) in [5.41, 5.74) is 13.0. The number of nitrogens with zero attached hydrogens (tertiary/aromatic N) is 6. The van der Waals surface area contributed by atoms with Crippen molar-refractivity contribution in [1.29, 1.82) is 5.26 Å². The third kappa shape index (κ3) is 5.43. The van der Waals surface area contributed by atoms with E-state index in [0.29, 0.717) is 23.2 Å². The van der Waals surface area contributed by atoms with E-state index < -0.39 is 0 Å². The minimum Gasteiger partial charge on any atom is -0.307 e. The standard InChI is InChI=1S/C54H42N6/c1-53(2)30-31-54(3,4)47-40(23-15-24-43(47)53)37-20-8-11-25-44(37)59-45-26-12-9-21-38(45)41-28-29-42-39-22-10-13-27-46(39)60(49(42)48(41)59)52-57-50(35-17-6-5-7-18-35)56-51(58-52)36-19-14-16-34(32-36)33-55/h5-29,32H,30-31H2,1-4H3. The number of rotatable bonds is 5. The van der Waals surface area contributed by atoms with Gasteiger partial charge in [0.25, 0.3) is 0 Å². The van der Waals surface area contributed by atoms with Gasteiger partial charge < -0.3 is 4.57 Å². The van der Waals surface area contributed by atoms with Crippen LogP contribution in [-0.4, -0.2) is 24.1 Å². The van der Waals surface area contributed by atoms with Gasteiger partial charge in [0.15, 0.2) is 11.6 Å². The van der Waals surface area contributed by atoms with E-state index in [1.807, 2.05) is 48.5 Å². The number of benzene rings is 7. The zero-order chi connectivity index (χ0) is 40.8. The second-order valence-corrected chi connectivity index (χ2v) is 17.4. The van der Waals surface area contributed by atoms with E-state index in [2.05, 4.69) is 146 Å². The first-order valence-corrected chi connectivity index (χ1v) is 20.7. The van der Waals surface area contributed by atoms with E-state index in [1.165, 1.54) is 27.6 Å². The summed E-state index contributed by atoms with van der Waals surface area (Å²) in [4.78, 5) is 15.6. The molecular weight excluding hydrogens is 733 g/mol. The average molecular weight is 775 g/mol. The molecule has 0 amide bonds. The molecule has 0 aliphatic heterocycles. The summed E-state index contributed by atoms with van der Waals surface area (Å²) in [6, 6.07) is 57.5. The van der Waals surface area contributed by atoms with Crippen LogP contribution in [0, 0.1) is 11.3 Å². The van der Waals surface area contributed by atoms with Gasteiger partial charge in [-0.05, 0) is 70.7 Å². The molecule has 1 aliphatic rings. The Morgan fingerprint density at radius 3 is 1.80 bits per heavy atom. The fraction of sp³-hybridized carbons (Fsp3) is 0.148. The molecule has 0 bridgehead atoms. The molecule has 60 heavy (non-hydrogen) atoms. The van der Waals surface area contributed by atoms with Crippen molar-refractivity contribution >= 4 is 43.6 Å². The summed E-state index contributed by atoms with van der Waals surface area (Å²) < 4.78 is 4.71. The molecule has 1 aliphatic carbocycles. The summed E-state index contributed by atoms with van der Waals surface area (Å²) in [5.74, 6) is 1.56. The first kappa shape index (κ1) is 35.8. The Hall–Kier alpha value is -7.36. The lowest BCUT2D eigenvalue weighted by atomic mass is 9.61. The minimum atomic E-state index is 0.00861. The molecule has 0 saturated heterocycles. The van der Waals surface area contributed by atoms with Crippen molar-refractivity contribution in [3.63, 3.8) is 0 Å². The van der Waals surface area contributed by atoms with E-state index in [4.69, 9.17) is 15.0 Å². The van der Waals surface area contributed by atoms with Crippen molar-refractivity contribution in [2.24, 2.45) is 0 Å². The van der Waals surface area contributed by atoms with E-state index in [9.17, 15) is 5.26 Å². The Bertz CT molecular complexity index is 3400. The summed E-state index contributed by atoms with van der Waals surface area (Å²) in [7, 11) is 0. The van der Waals surface area contributed by atoms with Crippen LogP contribution in [0.4, 0.5) is 0 Å². The maximum Gasteiger partial charge on any atom is 0.238 e. The summed E-state index contributed by atoms with van der Waals surface area (Å²) >= 11 is 0. The maximum absolute atomic E-state index is 9.85. The Morgan fingerprint density at radius 1 is 0.500 bits per heavy atom. The molecule has 0 fully saturated rings. The van der Waals surface area contributed by atoms with Gasteiger partial charge in [0, 0.05) is 38.2 Å². The molecule has 11 rings (SSSR count). The van der Waals surface area contributed by atoms with E-state index in [-0.39, 0.29) is 10.8 Å². The van der Waals surface area contributed by atoms with Crippen molar-refractivity contribution < 1.29 is 0 Å². The quantitative estimate of drug-likeness (QED) is 0.175. The van der Waals surface area contributed by atoms with Crippen molar-refractivity contribution in [3.8, 4) is 51.6 Å². The molecule has 0 atom stereocenters. The van der Waals surface area contributed by atoms with E-state index in [0.717, 1.165) is 67.9 Å². The number of para-hydroxylation sites is 3. The van der Waals surface area contributed by atoms with Gasteiger partial charge in [0.2, 0.25) is 5.95 Å². The Morgan fingerprint density at radius 2 is 1.07 bits per heavy atom. The van der Waals surface area contributed by atoms with Crippen LogP contribution in [0.2, 0.25) is 0 Å². The summed E-state index contributed by atoms with van der Waals surface area (Å²) in [5, 5.41) is 14.4. The van der Waals surface area contributed by atoms with Crippen LogP contribution in [0.5, 0.6) is 0 Å². The largest absolute Gasteiger partial charge is 0.307 e. The highest BCUT2D eigenvalue weighted by atomic mass is 15.2. The van der Waals surface area contributed by atoms with Crippen LogP contribution in [0.3, 0.4) is 0 Å². The van der Waals surface area contributed by atoms with Gasteiger partial charge in [-0.2, -0.15) is 15.2 Å². The van der Waals surface area contributed by atoms with Crippen molar-refractivity contribution in [2.45, 2.75) is 51.4 Å². The molecule has 0 radical (unpaired) electrons. The molecule has 288 valence electrons. The zero-order valence-corrected chi connectivity index (χ0v) is 34.1. The average Bonchev–Trinajstić information content (AvgIpc) is 3.81. The summed E-state index contributed by atoms with van der Waals surface area (Å²) in [6.07, 6.45) is 2.28. The molecule has 3 heterocycles. The third-order valence-corrected chi connectivity index (χ3v) is 12.9. The van der Waals surface area contributed by atoms with Gasteiger partial charge in [0.05, 0.1) is 39.4 Å². The predicted molar refractivity (Wildman–Crippen MR) is 245 cm³/mol. The number of hydrogen-bond donors (Lipinski definition) is 0. The lowest BCUT2D eigenvalue weighted by Gasteiger charge is -2.43. The fourth-order valence-corrected chi connectivity index (χ4v) is 9.85. The van der Waals surface area contributed by atoms with Crippen molar-refractivity contribution in [3.05, 3.63) is 174 Å². The molecule has 10 aromatic rings. The lowest BCUT2D eigenvalue weighted by molar-refractivity contribution is 0.333. The van der Waals surface area contributed by atoms with Crippen molar-refractivity contribution in [2.75, 3.05) is 0 Å². The molecule has 0 unspecified atom stereocenters. The van der Waals surface area contributed by atoms with Gasteiger partial charge in [-0.25, -0.2) is 4.98 Å². The highest BCUT2D eigenvalue weighted by Crippen LogP contribution is 2.51. The number of aromatic nitrogens is 5. The highest BCUT2D eigenvalue weighted by Gasteiger charge is 2.39. The number of hydrogen-bond acceptors (Lipinski definition) is 4. The molecule has 0 spiro atoms. The van der Waals surface area contributed by atoms with Gasteiger partial charge in [-0.3, -0.25) is 4.57 Å². The van der Waals surface area contributed by atoms with Crippen molar-refractivity contribution in [1.82, 2.24) is 24.1 Å². The van der Waals surface area contributed by atoms with E-state index in [1.54, 1.807) is 6.07 Å². The zero-order valence-electron chi connectivity index (χ0n) is 34.1. The summed E-state index contributed by atoms with van der Waals surface area (Å²) in [6.45, 7) is 9.63.